The first-order chi connectivity index (χ1) is 13.8. The van der Waals surface area contributed by atoms with Crippen molar-refractivity contribution in [1.82, 2.24) is 25.2 Å². The Hall–Kier alpha value is -3.26. The largest absolute Gasteiger partial charge is 0.356 e. The van der Waals surface area contributed by atoms with Crippen molar-refractivity contribution in [3.8, 4) is 17.1 Å². The van der Waals surface area contributed by atoms with E-state index in [2.05, 4.69) is 20.6 Å². The molecule has 0 saturated heterocycles. The van der Waals surface area contributed by atoms with Gasteiger partial charge in [0.25, 0.3) is 0 Å². The number of nitrogens with one attached hydrogen (secondary N) is 1. The molecule has 0 aliphatic heterocycles. The number of nitrogens with zero attached hydrogens (tertiary/aromatic N) is 4. The molecule has 1 N–H and O–H groups in total. The molecule has 3 heterocycles. The Morgan fingerprint density at radius 2 is 2.07 bits per heavy atom. The lowest BCUT2D eigenvalue weighted by Gasteiger charge is -2.06. The van der Waals surface area contributed by atoms with Crippen LogP contribution in [0.15, 0.2) is 64.1 Å². The van der Waals surface area contributed by atoms with E-state index >= 15 is 0 Å². The molecule has 0 spiro atoms. The van der Waals surface area contributed by atoms with E-state index in [1.54, 1.807) is 17.5 Å². The minimum Gasteiger partial charge on any atom is -0.356 e. The van der Waals surface area contributed by atoms with Crippen LogP contribution in [0.1, 0.15) is 17.9 Å². The second kappa shape index (κ2) is 8.62. The first-order valence-corrected chi connectivity index (χ1v) is 9.93. The maximum atomic E-state index is 12.0. The standard InChI is InChI=1S/C20H19N5O2S/c26-18(6-7-19-23-20(24-27-19)16-9-13-28-14-16)21-11-8-15-2-4-17(5-3-15)25-12-1-10-22-25/h1-5,9-10,12-14H,6-8,11H2,(H,21,26). The van der Waals surface area contributed by atoms with Gasteiger partial charge in [-0.05, 0) is 41.6 Å². The lowest BCUT2D eigenvalue weighted by Crippen LogP contribution is -2.25. The van der Waals surface area contributed by atoms with Crippen LogP contribution >= 0.6 is 11.3 Å². The Labute approximate surface area is 166 Å². The first-order valence-electron chi connectivity index (χ1n) is 8.99. The summed E-state index contributed by atoms with van der Waals surface area (Å²) in [6, 6.07) is 12.0. The molecule has 0 bridgehead atoms. The van der Waals surface area contributed by atoms with Crippen molar-refractivity contribution in [2.24, 2.45) is 0 Å². The number of hydrogen-bond acceptors (Lipinski definition) is 6. The summed E-state index contributed by atoms with van der Waals surface area (Å²) in [4.78, 5) is 16.4. The lowest BCUT2D eigenvalue weighted by molar-refractivity contribution is -0.121. The Morgan fingerprint density at radius 1 is 1.18 bits per heavy atom. The molecular weight excluding hydrogens is 374 g/mol. The SMILES string of the molecule is O=C(CCc1nc(-c2ccsc2)no1)NCCc1ccc(-n2cccn2)cc1. The van der Waals surface area contributed by atoms with Crippen LogP contribution in [0.3, 0.4) is 0 Å². The van der Waals surface area contributed by atoms with E-state index in [9.17, 15) is 4.79 Å². The Balaban J connectivity index is 1.20. The van der Waals surface area contributed by atoms with Gasteiger partial charge in [-0.1, -0.05) is 17.3 Å². The van der Waals surface area contributed by atoms with Crippen LogP contribution in [0.4, 0.5) is 0 Å². The van der Waals surface area contributed by atoms with E-state index < -0.39 is 0 Å². The Kier molecular flexibility index (Phi) is 5.58. The number of aryl methyl sites for hydroxylation is 1. The van der Waals surface area contributed by atoms with Gasteiger partial charge >= 0.3 is 0 Å². The van der Waals surface area contributed by atoms with Gasteiger partial charge in [-0.25, -0.2) is 4.68 Å². The molecule has 0 atom stereocenters. The molecule has 1 aromatic carbocycles. The number of hydrogen-bond donors (Lipinski definition) is 1. The van der Waals surface area contributed by atoms with Crippen molar-refractivity contribution < 1.29 is 9.32 Å². The third kappa shape index (κ3) is 4.52. The topological polar surface area (TPSA) is 85.8 Å². The predicted molar refractivity (Wildman–Crippen MR) is 106 cm³/mol. The van der Waals surface area contributed by atoms with Crippen LogP contribution in [-0.2, 0) is 17.6 Å². The maximum Gasteiger partial charge on any atom is 0.227 e. The van der Waals surface area contributed by atoms with E-state index in [0.717, 1.165) is 23.2 Å². The van der Waals surface area contributed by atoms with Gasteiger partial charge in [0.05, 0.1) is 5.69 Å². The highest BCUT2D eigenvalue weighted by Crippen LogP contribution is 2.19. The number of carbonyl (C=O) groups excluding carboxylic acids is 1. The van der Waals surface area contributed by atoms with Crippen molar-refractivity contribution in [1.29, 1.82) is 0 Å². The summed E-state index contributed by atoms with van der Waals surface area (Å²) in [5.74, 6) is 1.02. The minimum atomic E-state index is -0.0246. The zero-order chi connectivity index (χ0) is 19.2. The van der Waals surface area contributed by atoms with Crippen molar-refractivity contribution >= 4 is 17.2 Å². The number of carbonyl (C=O) groups is 1. The molecule has 0 unspecified atom stereocenters. The molecule has 7 nitrogen and oxygen atoms in total. The van der Waals surface area contributed by atoms with Crippen molar-refractivity contribution in [3.05, 3.63) is 71.0 Å². The second-order valence-corrected chi connectivity index (χ2v) is 7.02. The number of rotatable bonds is 8. The van der Waals surface area contributed by atoms with E-state index in [0.29, 0.717) is 31.1 Å². The summed E-state index contributed by atoms with van der Waals surface area (Å²) in [7, 11) is 0. The smallest absolute Gasteiger partial charge is 0.227 e. The van der Waals surface area contributed by atoms with Crippen LogP contribution in [0.2, 0.25) is 0 Å². The molecule has 1 amide bonds. The molecule has 4 aromatic rings. The molecule has 8 heteroatoms. The van der Waals surface area contributed by atoms with Crippen LogP contribution in [0, 0.1) is 0 Å². The van der Waals surface area contributed by atoms with Gasteiger partial charge in [0.15, 0.2) is 0 Å². The molecule has 0 saturated carbocycles. The van der Waals surface area contributed by atoms with Crippen LogP contribution < -0.4 is 5.32 Å². The van der Waals surface area contributed by atoms with E-state index in [1.807, 2.05) is 58.0 Å². The molecule has 3 aromatic heterocycles. The van der Waals surface area contributed by atoms with E-state index in [1.165, 1.54) is 0 Å². The van der Waals surface area contributed by atoms with Crippen LogP contribution in [0.25, 0.3) is 17.1 Å². The number of aromatic nitrogens is 4. The fourth-order valence-electron chi connectivity index (χ4n) is 2.76. The number of amides is 1. The van der Waals surface area contributed by atoms with Gasteiger partial charge < -0.3 is 9.84 Å². The molecule has 0 aliphatic carbocycles. The molecule has 4 rings (SSSR count). The van der Waals surface area contributed by atoms with Gasteiger partial charge in [-0.2, -0.15) is 21.4 Å². The average Bonchev–Trinajstić information content (AvgIpc) is 3.49. The minimum absolute atomic E-state index is 0.0246. The molecule has 142 valence electrons. The normalized spacial score (nSPS) is 10.9. The fourth-order valence-corrected chi connectivity index (χ4v) is 3.39. The van der Waals surface area contributed by atoms with Gasteiger partial charge in [0, 0.05) is 42.7 Å². The monoisotopic (exact) mass is 393 g/mol. The van der Waals surface area contributed by atoms with E-state index in [4.69, 9.17) is 4.52 Å². The molecule has 28 heavy (non-hydrogen) atoms. The van der Waals surface area contributed by atoms with Gasteiger partial charge in [0.2, 0.25) is 17.6 Å². The molecular formula is C20H19N5O2S. The molecule has 0 fully saturated rings. The second-order valence-electron chi connectivity index (χ2n) is 6.24. The number of benzene rings is 1. The Morgan fingerprint density at radius 3 is 2.82 bits per heavy atom. The summed E-state index contributed by atoms with van der Waals surface area (Å²) in [6.07, 6.45) is 5.18. The van der Waals surface area contributed by atoms with Crippen LogP contribution in [-0.4, -0.2) is 32.4 Å². The van der Waals surface area contributed by atoms with Crippen molar-refractivity contribution in [2.45, 2.75) is 19.3 Å². The highest BCUT2D eigenvalue weighted by molar-refractivity contribution is 7.08. The summed E-state index contributed by atoms with van der Waals surface area (Å²) < 4.78 is 7.02. The van der Waals surface area contributed by atoms with Gasteiger partial charge in [0.1, 0.15) is 0 Å². The fraction of sp³-hybridized carbons (Fsp3) is 0.200. The van der Waals surface area contributed by atoms with Gasteiger partial charge in [-0.15, -0.1) is 0 Å². The van der Waals surface area contributed by atoms with Crippen LogP contribution in [0.5, 0.6) is 0 Å². The lowest BCUT2D eigenvalue weighted by atomic mass is 10.1. The number of thiophene rings is 1. The van der Waals surface area contributed by atoms with Crippen molar-refractivity contribution in [3.63, 3.8) is 0 Å². The van der Waals surface area contributed by atoms with E-state index in [-0.39, 0.29) is 5.91 Å². The third-order valence-electron chi connectivity index (χ3n) is 4.25. The third-order valence-corrected chi connectivity index (χ3v) is 4.94. The molecule has 0 radical (unpaired) electrons. The summed E-state index contributed by atoms with van der Waals surface area (Å²) >= 11 is 1.58. The predicted octanol–water partition coefficient (Wildman–Crippen LogP) is 3.28. The summed E-state index contributed by atoms with van der Waals surface area (Å²) in [5.41, 5.74) is 3.11. The first kappa shape index (κ1) is 18.1. The van der Waals surface area contributed by atoms with Gasteiger partial charge in [-0.3, -0.25) is 4.79 Å². The molecule has 0 aliphatic rings. The highest BCUT2D eigenvalue weighted by Gasteiger charge is 2.10. The Bertz CT molecular complexity index is 1010. The summed E-state index contributed by atoms with van der Waals surface area (Å²) in [5, 5.41) is 15.0. The van der Waals surface area contributed by atoms with Crippen molar-refractivity contribution in [2.75, 3.05) is 6.54 Å². The zero-order valence-corrected chi connectivity index (χ0v) is 15.9. The maximum absolute atomic E-state index is 12.0. The zero-order valence-electron chi connectivity index (χ0n) is 15.1. The average molecular weight is 393 g/mol. The highest BCUT2D eigenvalue weighted by atomic mass is 32.1. The summed E-state index contributed by atoms with van der Waals surface area (Å²) in [6.45, 7) is 0.587. The quantitative estimate of drug-likeness (QED) is 0.496.